The van der Waals surface area contributed by atoms with E-state index >= 15 is 0 Å². The number of nitrogens with zero attached hydrogens (tertiary/aromatic N) is 4. The van der Waals surface area contributed by atoms with Crippen LogP contribution < -0.4 is 0 Å². The van der Waals surface area contributed by atoms with E-state index in [1.807, 2.05) is 4.90 Å². The molecule has 6 heteroatoms. The third kappa shape index (κ3) is 2.35. The molecule has 1 fully saturated rings. The van der Waals surface area contributed by atoms with Crippen LogP contribution in [0.4, 0.5) is 0 Å². The van der Waals surface area contributed by atoms with Crippen LogP contribution in [0.15, 0.2) is 18.3 Å². The highest BCUT2D eigenvalue weighted by molar-refractivity contribution is 6.99. The van der Waals surface area contributed by atoms with Crippen LogP contribution in [-0.4, -0.2) is 37.2 Å². The Morgan fingerprint density at radius 1 is 1.25 bits per heavy atom. The zero-order valence-corrected chi connectivity index (χ0v) is 12.6. The molecule has 0 unspecified atom stereocenters. The quantitative estimate of drug-likeness (QED) is 0.853. The van der Waals surface area contributed by atoms with Gasteiger partial charge in [0.05, 0.1) is 17.9 Å². The van der Waals surface area contributed by atoms with Crippen molar-refractivity contribution < 1.29 is 4.79 Å². The predicted molar refractivity (Wildman–Crippen MR) is 78.0 cm³/mol. The summed E-state index contributed by atoms with van der Waals surface area (Å²) in [6.07, 6.45) is 3.55. The number of piperidine rings is 1. The van der Waals surface area contributed by atoms with E-state index in [2.05, 4.69) is 39.3 Å². The summed E-state index contributed by atoms with van der Waals surface area (Å²) in [5, 5.41) is 0. The molecule has 0 saturated carbocycles. The highest BCUT2D eigenvalue weighted by Crippen LogP contribution is 2.26. The third-order valence-corrected chi connectivity index (χ3v) is 4.50. The van der Waals surface area contributed by atoms with Gasteiger partial charge in [0, 0.05) is 30.5 Å². The van der Waals surface area contributed by atoms with Gasteiger partial charge in [0.1, 0.15) is 0 Å². The molecule has 3 rings (SSSR count). The molecule has 2 aromatic rings. The lowest BCUT2D eigenvalue weighted by Crippen LogP contribution is -2.39. The van der Waals surface area contributed by atoms with Crippen LogP contribution in [0.5, 0.6) is 0 Å². The summed E-state index contributed by atoms with van der Waals surface area (Å²) < 4.78 is 10.3. The Balaban J connectivity index is 1.67. The molecule has 0 N–H and O–H groups in total. The number of carbonyl (C=O) groups is 1. The van der Waals surface area contributed by atoms with Crippen molar-refractivity contribution >= 4 is 17.6 Å². The number of carbonyl (C=O) groups excluding carboxylic acids is 1. The lowest BCUT2D eigenvalue weighted by Gasteiger charge is -2.33. The Bertz CT molecular complexity index is 577. The van der Waals surface area contributed by atoms with Crippen LogP contribution in [0.3, 0.4) is 0 Å². The zero-order valence-electron chi connectivity index (χ0n) is 11.7. The van der Waals surface area contributed by atoms with Crippen LogP contribution >= 0.6 is 11.7 Å². The van der Waals surface area contributed by atoms with Gasteiger partial charge in [-0.3, -0.25) is 4.79 Å². The first-order valence-electron chi connectivity index (χ1n) is 6.88. The third-order valence-electron chi connectivity index (χ3n) is 4.02. The number of amides is 1. The number of rotatable bonds is 2. The van der Waals surface area contributed by atoms with Gasteiger partial charge >= 0.3 is 0 Å². The minimum Gasteiger partial charge on any atom is -0.346 e. The first-order chi connectivity index (χ1) is 9.66. The molecule has 0 radical (unpaired) electrons. The normalized spacial score (nSPS) is 16.6. The maximum atomic E-state index is 12.2. The van der Waals surface area contributed by atoms with E-state index in [4.69, 9.17) is 0 Å². The molecule has 0 spiro atoms. The topological polar surface area (TPSA) is 51.0 Å². The predicted octanol–water partition coefficient (Wildman–Crippen LogP) is 2.43. The van der Waals surface area contributed by atoms with Crippen LogP contribution in [-0.2, 0) is 0 Å². The van der Waals surface area contributed by atoms with Gasteiger partial charge in [-0.15, -0.1) is 0 Å². The van der Waals surface area contributed by atoms with Crippen molar-refractivity contribution in [2.24, 2.45) is 0 Å². The second kappa shape index (κ2) is 5.36. The number of aryl methyl sites for hydroxylation is 2. The fraction of sp³-hybridized carbons (Fsp3) is 0.500. The minimum atomic E-state index is 0.0122. The molecule has 0 bridgehead atoms. The van der Waals surface area contributed by atoms with Gasteiger partial charge in [0.15, 0.2) is 5.69 Å². The van der Waals surface area contributed by atoms with E-state index < -0.39 is 0 Å². The fourth-order valence-corrected chi connectivity index (χ4v) is 3.41. The smallest absolute Gasteiger partial charge is 0.275 e. The summed E-state index contributed by atoms with van der Waals surface area (Å²) in [6, 6.07) is 4.82. The zero-order chi connectivity index (χ0) is 14.1. The molecule has 0 atom stereocenters. The monoisotopic (exact) mass is 290 g/mol. The average molecular weight is 290 g/mol. The second-order valence-corrected chi connectivity index (χ2v) is 5.86. The van der Waals surface area contributed by atoms with E-state index in [9.17, 15) is 4.79 Å². The number of aromatic nitrogens is 3. The molecule has 3 heterocycles. The van der Waals surface area contributed by atoms with Crippen molar-refractivity contribution in [2.45, 2.75) is 32.7 Å². The molecule has 2 aromatic heterocycles. The van der Waals surface area contributed by atoms with E-state index in [-0.39, 0.29) is 5.91 Å². The van der Waals surface area contributed by atoms with Crippen molar-refractivity contribution in [3.8, 4) is 0 Å². The Labute approximate surface area is 122 Å². The van der Waals surface area contributed by atoms with Crippen LogP contribution in [0.1, 0.15) is 40.8 Å². The van der Waals surface area contributed by atoms with Gasteiger partial charge in [-0.25, -0.2) is 0 Å². The molecular formula is C14H18N4OS. The molecule has 0 aliphatic carbocycles. The van der Waals surface area contributed by atoms with E-state index in [1.165, 1.54) is 11.4 Å². The lowest BCUT2D eigenvalue weighted by atomic mass is 10.0. The molecule has 106 valence electrons. The van der Waals surface area contributed by atoms with Gasteiger partial charge in [0.25, 0.3) is 5.91 Å². The standard InChI is InChI=1S/C14H18N4OS/c1-10-3-4-11(2)18(10)12-5-7-17(8-6-12)14(19)13-9-15-20-16-13/h3-4,9,12H,5-8H2,1-2H3. The van der Waals surface area contributed by atoms with E-state index in [0.29, 0.717) is 11.7 Å². The summed E-state index contributed by atoms with van der Waals surface area (Å²) in [7, 11) is 0. The van der Waals surface area contributed by atoms with Crippen LogP contribution in [0.2, 0.25) is 0 Å². The first kappa shape index (κ1) is 13.3. The summed E-state index contributed by atoms with van der Waals surface area (Å²) in [5.74, 6) is 0.0122. The highest BCUT2D eigenvalue weighted by atomic mass is 32.1. The molecule has 1 aliphatic rings. The number of likely N-dealkylation sites (tertiary alicyclic amines) is 1. The lowest BCUT2D eigenvalue weighted by molar-refractivity contribution is 0.0689. The molecule has 20 heavy (non-hydrogen) atoms. The Kier molecular flexibility index (Phi) is 3.56. The fourth-order valence-electron chi connectivity index (χ4n) is 3.00. The van der Waals surface area contributed by atoms with Crippen molar-refractivity contribution in [2.75, 3.05) is 13.1 Å². The van der Waals surface area contributed by atoms with Crippen molar-refractivity contribution in [3.05, 3.63) is 35.4 Å². The maximum absolute atomic E-state index is 12.2. The SMILES string of the molecule is Cc1ccc(C)n1C1CCN(C(=O)c2cnsn2)CC1. The second-order valence-electron chi connectivity index (χ2n) is 5.30. The van der Waals surface area contributed by atoms with Crippen molar-refractivity contribution in [3.63, 3.8) is 0 Å². The maximum Gasteiger partial charge on any atom is 0.275 e. The Morgan fingerprint density at radius 3 is 2.45 bits per heavy atom. The van der Waals surface area contributed by atoms with Gasteiger partial charge in [-0.2, -0.15) is 8.75 Å². The molecule has 5 nitrogen and oxygen atoms in total. The Hall–Kier alpha value is -1.69. The minimum absolute atomic E-state index is 0.0122. The summed E-state index contributed by atoms with van der Waals surface area (Å²) in [4.78, 5) is 14.1. The van der Waals surface area contributed by atoms with Gasteiger partial charge in [0.2, 0.25) is 0 Å². The van der Waals surface area contributed by atoms with Gasteiger partial charge in [-0.1, -0.05) is 0 Å². The van der Waals surface area contributed by atoms with Crippen LogP contribution in [0.25, 0.3) is 0 Å². The number of hydrogen-bond acceptors (Lipinski definition) is 4. The number of hydrogen-bond donors (Lipinski definition) is 0. The summed E-state index contributed by atoms with van der Waals surface area (Å²) in [6.45, 7) is 5.87. The molecule has 1 aliphatic heterocycles. The highest BCUT2D eigenvalue weighted by Gasteiger charge is 2.26. The van der Waals surface area contributed by atoms with Gasteiger partial charge in [-0.05, 0) is 38.8 Å². The van der Waals surface area contributed by atoms with E-state index in [1.54, 1.807) is 6.20 Å². The van der Waals surface area contributed by atoms with E-state index in [0.717, 1.165) is 37.7 Å². The molecule has 1 saturated heterocycles. The molecule has 1 amide bonds. The molecular weight excluding hydrogens is 272 g/mol. The van der Waals surface area contributed by atoms with Crippen LogP contribution in [0, 0.1) is 13.8 Å². The van der Waals surface area contributed by atoms with Gasteiger partial charge < -0.3 is 9.47 Å². The first-order valence-corrected chi connectivity index (χ1v) is 7.61. The largest absolute Gasteiger partial charge is 0.346 e. The summed E-state index contributed by atoms with van der Waals surface area (Å²) in [5.41, 5.74) is 3.08. The Morgan fingerprint density at radius 2 is 1.90 bits per heavy atom. The van der Waals surface area contributed by atoms with Crippen molar-refractivity contribution in [1.29, 1.82) is 0 Å². The molecule has 0 aromatic carbocycles. The van der Waals surface area contributed by atoms with Crippen molar-refractivity contribution in [1.82, 2.24) is 18.2 Å². The summed E-state index contributed by atoms with van der Waals surface area (Å²) >= 11 is 1.08. The average Bonchev–Trinajstić information content (AvgIpc) is 3.09.